The number of hydrogen-bond acceptors (Lipinski definition) is 6. The summed E-state index contributed by atoms with van der Waals surface area (Å²) in [5.74, 6) is -0.563. The Morgan fingerprint density at radius 2 is 1.77 bits per heavy atom. The van der Waals surface area contributed by atoms with Crippen LogP contribution in [0.2, 0.25) is 0 Å². The molecule has 1 unspecified atom stereocenters. The average Bonchev–Trinajstić information content (AvgIpc) is 2.34. The van der Waals surface area contributed by atoms with Gasteiger partial charge in [0.05, 0.1) is 6.10 Å². The Balaban J connectivity index is 3.00. The summed E-state index contributed by atoms with van der Waals surface area (Å²) in [6, 6.07) is 4.54. The van der Waals surface area contributed by atoms with E-state index in [1.165, 1.54) is 19.9 Å². The van der Waals surface area contributed by atoms with Gasteiger partial charge in [0.1, 0.15) is 11.5 Å². The smallest absolute Gasteiger partial charge is 0.308 e. The number of carbonyl (C=O) groups excluding carboxylic acids is 2. The first-order valence-electron chi connectivity index (χ1n) is 7.02. The van der Waals surface area contributed by atoms with Crippen LogP contribution in [-0.2, 0) is 9.59 Å². The van der Waals surface area contributed by atoms with Gasteiger partial charge in [0.2, 0.25) is 0 Å². The standard InChI is InChI=1S/C16H23NO5/c1-10(18)21-12-6-7-13(15(8-12)22-11(2)19)14(20)9-17-16(3,4)5/h6-8,14,17,20H,9H2,1-5H3. The lowest BCUT2D eigenvalue weighted by atomic mass is 10.0. The highest BCUT2D eigenvalue weighted by atomic mass is 16.5. The van der Waals surface area contributed by atoms with Crippen molar-refractivity contribution >= 4 is 11.9 Å². The van der Waals surface area contributed by atoms with Gasteiger partial charge in [0.15, 0.2) is 0 Å². The molecule has 0 bridgehead atoms. The number of ether oxygens (including phenoxy) is 2. The Hall–Kier alpha value is -1.92. The van der Waals surface area contributed by atoms with Gasteiger partial charge < -0.3 is 19.9 Å². The molecule has 0 saturated heterocycles. The normalized spacial score (nSPS) is 12.6. The minimum absolute atomic E-state index is 0.153. The van der Waals surface area contributed by atoms with Crippen LogP contribution in [0.15, 0.2) is 18.2 Å². The molecule has 1 aromatic rings. The van der Waals surface area contributed by atoms with Gasteiger partial charge in [-0.3, -0.25) is 9.59 Å². The van der Waals surface area contributed by atoms with Crippen LogP contribution in [0.25, 0.3) is 0 Å². The van der Waals surface area contributed by atoms with Gasteiger partial charge in [-0.1, -0.05) is 0 Å². The van der Waals surface area contributed by atoms with Crippen molar-refractivity contribution in [3.05, 3.63) is 23.8 Å². The van der Waals surface area contributed by atoms with Crippen LogP contribution in [0.4, 0.5) is 0 Å². The van der Waals surface area contributed by atoms with Gasteiger partial charge in [-0.2, -0.15) is 0 Å². The minimum Gasteiger partial charge on any atom is -0.427 e. The van der Waals surface area contributed by atoms with Crippen molar-refractivity contribution in [3.8, 4) is 11.5 Å². The van der Waals surface area contributed by atoms with Crippen molar-refractivity contribution in [1.29, 1.82) is 0 Å². The van der Waals surface area contributed by atoms with Crippen molar-refractivity contribution in [2.45, 2.75) is 46.3 Å². The Bertz CT molecular complexity index is 548. The third kappa shape index (κ3) is 6.24. The summed E-state index contributed by atoms with van der Waals surface area (Å²) < 4.78 is 10.1. The first-order valence-corrected chi connectivity index (χ1v) is 7.02. The highest BCUT2D eigenvalue weighted by molar-refractivity contribution is 5.71. The molecule has 0 spiro atoms. The molecule has 0 amide bonds. The zero-order chi connectivity index (χ0) is 16.9. The van der Waals surface area contributed by atoms with E-state index in [0.717, 1.165) is 0 Å². The van der Waals surface area contributed by atoms with Gasteiger partial charge in [0, 0.05) is 37.6 Å². The summed E-state index contributed by atoms with van der Waals surface area (Å²) in [5.41, 5.74) is 0.295. The molecule has 6 heteroatoms. The summed E-state index contributed by atoms with van der Waals surface area (Å²) in [4.78, 5) is 22.2. The fourth-order valence-corrected chi connectivity index (χ4v) is 1.78. The number of benzene rings is 1. The summed E-state index contributed by atoms with van der Waals surface area (Å²) in [7, 11) is 0. The molecule has 0 radical (unpaired) electrons. The molecule has 1 aromatic carbocycles. The zero-order valence-corrected chi connectivity index (χ0v) is 13.6. The second-order valence-electron chi connectivity index (χ2n) is 6.03. The monoisotopic (exact) mass is 309 g/mol. The van der Waals surface area contributed by atoms with Crippen LogP contribution in [0.5, 0.6) is 11.5 Å². The Morgan fingerprint density at radius 1 is 1.18 bits per heavy atom. The SMILES string of the molecule is CC(=O)Oc1ccc(C(O)CNC(C)(C)C)c(OC(C)=O)c1. The second kappa shape index (κ2) is 7.38. The maximum absolute atomic E-state index is 11.2. The number of rotatable bonds is 5. The van der Waals surface area contributed by atoms with Gasteiger partial charge in [0.25, 0.3) is 0 Å². The van der Waals surface area contributed by atoms with Gasteiger partial charge >= 0.3 is 11.9 Å². The van der Waals surface area contributed by atoms with Crippen LogP contribution in [0.3, 0.4) is 0 Å². The van der Waals surface area contributed by atoms with Crippen LogP contribution in [-0.4, -0.2) is 29.1 Å². The predicted octanol–water partition coefficient (Wildman–Crippen LogP) is 1.96. The first-order chi connectivity index (χ1) is 10.1. The summed E-state index contributed by atoms with van der Waals surface area (Å²) in [5, 5.41) is 13.5. The molecule has 0 aliphatic carbocycles. The lowest BCUT2D eigenvalue weighted by Gasteiger charge is -2.24. The molecular formula is C16H23NO5. The third-order valence-electron chi connectivity index (χ3n) is 2.69. The van der Waals surface area contributed by atoms with Crippen LogP contribution in [0.1, 0.15) is 46.3 Å². The molecule has 0 aliphatic heterocycles. The molecule has 0 fully saturated rings. The molecule has 0 heterocycles. The van der Waals surface area contributed by atoms with Crippen LogP contribution in [0, 0.1) is 0 Å². The van der Waals surface area contributed by atoms with Gasteiger partial charge in [-0.05, 0) is 32.9 Å². The molecule has 0 saturated carbocycles. The largest absolute Gasteiger partial charge is 0.427 e. The Morgan fingerprint density at radius 3 is 2.27 bits per heavy atom. The van der Waals surface area contributed by atoms with Crippen molar-refractivity contribution in [1.82, 2.24) is 5.32 Å². The van der Waals surface area contributed by atoms with Crippen molar-refractivity contribution < 1.29 is 24.2 Å². The highest BCUT2D eigenvalue weighted by Crippen LogP contribution is 2.30. The number of aliphatic hydroxyl groups excluding tert-OH is 1. The Kier molecular flexibility index (Phi) is 6.08. The first kappa shape index (κ1) is 18.1. The topological polar surface area (TPSA) is 84.9 Å². The Labute approximate surface area is 130 Å². The van der Waals surface area contributed by atoms with Gasteiger partial charge in [-0.25, -0.2) is 0 Å². The maximum Gasteiger partial charge on any atom is 0.308 e. The van der Waals surface area contributed by atoms with Crippen molar-refractivity contribution in [2.24, 2.45) is 0 Å². The number of carbonyl (C=O) groups is 2. The molecule has 1 atom stereocenters. The summed E-state index contributed by atoms with van der Waals surface area (Å²) in [6.07, 6.45) is -0.861. The molecule has 122 valence electrons. The number of nitrogens with one attached hydrogen (secondary N) is 1. The maximum atomic E-state index is 11.2. The molecule has 22 heavy (non-hydrogen) atoms. The van der Waals surface area contributed by atoms with E-state index < -0.39 is 18.0 Å². The van der Waals surface area contributed by atoms with Crippen LogP contribution < -0.4 is 14.8 Å². The number of aliphatic hydroxyl groups is 1. The number of β-amino-alcohol motifs (C(OH)–C–C–N with tert-alkyl or cyclic N) is 1. The molecule has 0 aromatic heterocycles. The van der Waals surface area contributed by atoms with Crippen molar-refractivity contribution in [3.63, 3.8) is 0 Å². The van der Waals surface area contributed by atoms with E-state index in [4.69, 9.17) is 9.47 Å². The van der Waals surface area contributed by atoms with Crippen molar-refractivity contribution in [2.75, 3.05) is 6.54 Å². The average molecular weight is 309 g/mol. The van der Waals surface area contributed by atoms with Crippen LogP contribution >= 0.6 is 0 Å². The zero-order valence-electron chi connectivity index (χ0n) is 13.6. The third-order valence-corrected chi connectivity index (χ3v) is 2.69. The predicted molar refractivity (Wildman–Crippen MR) is 81.8 cm³/mol. The lowest BCUT2D eigenvalue weighted by molar-refractivity contribution is -0.132. The molecule has 6 nitrogen and oxygen atoms in total. The quantitative estimate of drug-likeness (QED) is 0.639. The lowest BCUT2D eigenvalue weighted by Crippen LogP contribution is -2.38. The van der Waals surface area contributed by atoms with E-state index >= 15 is 0 Å². The second-order valence-corrected chi connectivity index (χ2v) is 6.03. The number of hydrogen-bond donors (Lipinski definition) is 2. The van der Waals surface area contributed by atoms with E-state index in [1.807, 2.05) is 20.8 Å². The van der Waals surface area contributed by atoms with E-state index in [-0.39, 0.29) is 17.0 Å². The summed E-state index contributed by atoms with van der Waals surface area (Å²) in [6.45, 7) is 8.79. The fourth-order valence-electron chi connectivity index (χ4n) is 1.78. The van der Waals surface area contributed by atoms with E-state index in [1.54, 1.807) is 12.1 Å². The number of esters is 2. The van der Waals surface area contributed by atoms with E-state index in [9.17, 15) is 14.7 Å². The van der Waals surface area contributed by atoms with E-state index in [2.05, 4.69) is 5.32 Å². The van der Waals surface area contributed by atoms with Gasteiger partial charge in [-0.15, -0.1) is 0 Å². The van der Waals surface area contributed by atoms with E-state index in [0.29, 0.717) is 12.1 Å². The minimum atomic E-state index is -0.861. The molecular weight excluding hydrogens is 286 g/mol. The molecule has 0 aliphatic rings. The summed E-state index contributed by atoms with van der Waals surface area (Å²) >= 11 is 0. The highest BCUT2D eigenvalue weighted by Gasteiger charge is 2.19. The fraction of sp³-hybridized carbons (Fsp3) is 0.500. The molecule has 2 N–H and O–H groups in total. The molecule has 1 rings (SSSR count).